The lowest BCUT2D eigenvalue weighted by atomic mass is 9.95. The molecule has 0 fully saturated rings. The van der Waals surface area contributed by atoms with Crippen LogP contribution in [0.15, 0.2) is 194 Å². The molecule has 0 saturated carbocycles. The van der Waals surface area contributed by atoms with E-state index in [9.17, 15) is 10.5 Å². The van der Waals surface area contributed by atoms with Gasteiger partial charge in [-0.15, -0.1) is 0 Å². The first kappa shape index (κ1) is 31.8. The van der Waals surface area contributed by atoms with E-state index in [-0.39, 0.29) is 0 Å². The number of hydrogen-bond acceptors (Lipinski definition) is 4. The molecule has 4 nitrogen and oxygen atoms in total. The molecule has 244 valence electrons. The van der Waals surface area contributed by atoms with Crippen molar-refractivity contribution in [2.45, 2.75) is 0 Å². The van der Waals surface area contributed by atoms with Crippen LogP contribution in [0.4, 0.5) is 34.1 Å². The van der Waals surface area contributed by atoms with Crippen molar-refractivity contribution < 1.29 is 0 Å². The van der Waals surface area contributed by atoms with Crippen LogP contribution >= 0.6 is 0 Å². The van der Waals surface area contributed by atoms with Crippen LogP contribution in [0.3, 0.4) is 0 Å². The first-order valence-corrected chi connectivity index (χ1v) is 17.1. The molecule has 0 spiro atoms. The molecule has 0 amide bonds. The van der Waals surface area contributed by atoms with Gasteiger partial charge in [-0.2, -0.15) is 10.5 Å². The Labute approximate surface area is 303 Å². The Bertz CT molecular complexity index is 2440. The van der Waals surface area contributed by atoms with E-state index < -0.39 is 0 Å². The summed E-state index contributed by atoms with van der Waals surface area (Å²) in [6.45, 7) is 0. The lowest BCUT2D eigenvalue weighted by Gasteiger charge is -2.26. The average molecular weight is 665 g/mol. The lowest BCUT2D eigenvalue weighted by Crippen LogP contribution is -2.10. The molecule has 8 aromatic carbocycles. The molecule has 0 aliphatic rings. The van der Waals surface area contributed by atoms with Gasteiger partial charge in [0.25, 0.3) is 0 Å². The Balaban J connectivity index is 1.15. The van der Waals surface area contributed by atoms with Crippen molar-refractivity contribution >= 4 is 66.8 Å². The molecule has 0 atom stereocenters. The number of para-hydroxylation sites is 2. The number of allylic oxidation sites excluding steroid dienone is 2. The summed E-state index contributed by atoms with van der Waals surface area (Å²) < 4.78 is 0. The SMILES string of the molecule is N#CC(=C(C#N)c1ccc(N(c2ccccc2)c2ccc3ccccc3c2)cc1)c1ccc(N(c2ccccc2)c2ccc3ccccc3c2)cc1. The largest absolute Gasteiger partial charge is 0.310 e. The fraction of sp³-hybridized carbons (Fsp3) is 0. The zero-order chi connectivity index (χ0) is 35.3. The summed E-state index contributed by atoms with van der Waals surface area (Å²) in [5, 5.41) is 25.5. The first-order chi connectivity index (χ1) is 25.7. The van der Waals surface area contributed by atoms with Gasteiger partial charge in [0.15, 0.2) is 0 Å². The second-order valence-electron chi connectivity index (χ2n) is 12.5. The van der Waals surface area contributed by atoms with Crippen molar-refractivity contribution in [1.82, 2.24) is 0 Å². The van der Waals surface area contributed by atoms with Crippen molar-refractivity contribution in [2.24, 2.45) is 0 Å². The second-order valence-corrected chi connectivity index (χ2v) is 12.5. The van der Waals surface area contributed by atoms with Crippen LogP contribution < -0.4 is 9.80 Å². The fourth-order valence-corrected chi connectivity index (χ4v) is 6.76. The Hall–Kier alpha value is -7.40. The smallest absolute Gasteiger partial charge is 0.101 e. The van der Waals surface area contributed by atoms with Gasteiger partial charge in [0.05, 0.1) is 11.1 Å². The number of fused-ring (bicyclic) bond motifs is 2. The Morgan fingerprint density at radius 1 is 0.308 bits per heavy atom. The highest BCUT2D eigenvalue weighted by Crippen LogP contribution is 2.39. The summed E-state index contributed by atoms with van der Waals surface area (Å²) in [6.07, 6.45) is 0. The van der Waals surface area contributed by atoms with E-state index in [0.717, 1.165) is 44.9 Å². The third-order valence-corrected chi connectivity index (χ3v) is 9.31. The van der Waals surface area contributed by atoms with E-state index >= 15 is 0 Å². The van der Waals surface area contributed by atoms with Crippen molar-refractivity contribution in [3.05, 3.63) is 205 Å². The van der Waals surface area contributed by atoms with Crippen molar-refractivity contribution in [3.63, 3.8) is 0 Å². The summed E-state index contributed by atoms with van der Waals surface area (Å²) in [6, 6.07) is 70.4. The molecule has 0 unspecified atom stereocenters. The molecule has 8 rings (SSSR count). The topological polar surface area (TPSA) is 54.1 Å². The van der Waals surface area contributed by atoms with E-state index in [1.807, 2.05) is 109 Å². The molecule has 0 N–H and O–H groups in total. The second kappa shape index (κ2) is 14.2. The van der Waals surface area contributed by atoms with E-state index in [1.54, 1.807) is 0 Å². The van der Waals surface area contributed by atoms with Crippen molar-refractivity contribution in [2.75, 3.05) is 9.80 Å². The van der Waals surface area contributed by atoms with Crippen molar-refractivity contribution in [1.29, 1.82) is 10.5 Å². The zero-order valence-electron chi connectivity index (χ0n) is 28.3. The van der Waals surface area contributed by atoms with Gasteiger partial charge >= 0.3 is 0 Å². The molecular weight excluding hydrogens is 633 g/mol. The summed E-state index contributed by atoms with van der Waals surface area (Å²) >= 11 is 0. The summed E-state index contributed by atoms with van der Waals surface area (Å²) in [5.41, 5.74) is 8.00. The summed E-state index contributed by atoms with van der Waals surface area (Å²) in [5.74, 6) is 0. The number of rotatable bonds is 8. The third-order valence-electron chi connectivity index (χ3n) is 9.31. The number of benzene rings is 8. The van der Waals surface area contributed by atoms with Gasteiger partial charge in [-0.25, -0.2) is 0 Å². The monoisotopic (exact) mass is 664 g/mol. The highest BCUT2D eigenvalue weighted by molar-refractivity contribution is 6.03. The Morgan fingerprint density at radius 3 is 0.981 bits per heavy atom. The van der Waals surface area contributed by atoms with E-state index in [4.69, 9.17) is 0 Å². The predicted octanol–water partition coefficient (Wildman–Crippen LogP) is 12.9. The van der Waals surface area contributed by atoms with E-state index in [2.05, 4.69) is 107 Å². The molecule has 0 aromatic heterocycles. The highest BCUT2D eigenvalue weighted by Gasteiger charge is 2.17. The molecule has 4 heteroatoms. The molecular formula is C48H32N4. The molecule has 0 heterocycles. The van der Waals surface area contributed by atoms with Crippen LogP contribution in [-0.4, -0.2) is 0 Å². The quantitative estimate of drug-likeness (QED) is 0.120. The standard InChI is InChI=1S/C48H32N4/c49-33-47(37-21-25-43(26-22-37)51(41-15-3-1-4-16-41)45-29-19-35-11-7-9-13-39(35)31-45)48(34-50)38-23-27-44(28-24-38)52(42-17-5-2-6-18-42)46-30-20-36-12-8-10-14-40(36)32-46/h1-32H. The number of nitrogens with zero attached hydrogens (tertiary/aromatic N) is 4. The van der Waals surface area contributed by atoms with E-state index in [0.29, 0.717) is 22.3 Å². The molecule has 0 aliphatic carbocycles. The van der Waals surface area contributed by atoms with Gasteiger partial charge in [0.2, 0.25) is 0 Å². The van der Waals surface area contributed by atoms with Gasteiger partial charge in [0.1, 0.15) is 12.1 Å². The van der Waals surface area contributed by atoms with Crippen LogP contribution in [0.2, 0.25) is 0 Å². The van der Waals surface area contributed by atoms with Gasteiger partial charge in [-0.3, -0.25) is 0 Å². The van der Waals surface area contributed by atoms with Crippen LogP contribution in [0.25, 0.3) is 32.7 Å². The molecule has 0 bridgehead atoms. The van der Waals surface area contributed by atoms with E-state index in [1.165, 1.54) is 10.8 Å². The minimum atomic E-state index is 0.327. The molecule has 0 aliphatic heterocycles. The van der Waals surface area contributed by atoms with Gasteiger partial charge in [-0.1, -0.05) is 121 Å². The minimum absolute atomic E-state index is 0.327. The van der Waals surface area contributed by atoms with Crippen LogP contribution in [-0.2, 0) is 0 Å². The molecule has 0 radical (unpaired) electrons. The fourth-order valence-electron chi connectivity index (χ4n) is 6.76. The van der Waals surface area contributed by atoms with Crippen LogP contribution in [0.1, 0.15) is 11.1 Å². The number of anilines is 6. The Kier molecular flexibility index (Phi) is 8.71. The minimum Gasteiger partial charge on any atom is -0.310 e. The summed E-state index contributed by atoms with van der Waals surface area (Å²) in [4.78, 5) is 4.40. The number of hydrogen-bond donors (Lipinski definition) is 0. The third kappa shape index (κ3) is 6.25. The molecule has 8 aromatic rings. The average Bonchev–Trinajstić information content (AvgIpc) is 3.21. The van der Waals surface area contributed by atoms with Gasteiger partial charge in [-0.05, 0) is 105 Å². The maximum absolute atomic E-state index is 10.4. The van der Waals surface area contributed by atoms with Gasteiger partial charge < -0.3 is 9.80 Å². The number of nitriles is 2. The van der Waals surface area contributed by atoms with Crippen LogP contribution in [0, 0.1) is 22.7 Å². The summed E-state index contributed by atoms with van der Waals surface area (Å²) in [7, 11) is 0. The molecule has 52 heavy (non-hydrogen) atoms. The van der Waals surface area contributed by atoms with Crippen molar-refractivity contribution in [3.8, 4) is 12.1 Å². The van der Waals surface area contributed by atoms with Gasteiger partial charge in [0, 0.05) is 34.1 Å². The highest BCUT2D eigenvalue weighted by atomic mass is 15.1. The zero-order valence-corrected chi connectivity index (χ0v) is 28.3. The Morgan fingerprint density at radius 2 is 0.615 bits per heavy atom. The normalized spacial score (nSPS) is 11.3. The van der Waals surface area contributed by atoms with Crippen LogP contribution in [0.5, 0.6) is 0 Å². The predicted molar refractivity (Wildman–Crippen MR) is 215 cm³/mol. The first-order valence-electron chi connectivity index (χ1n) is 17.1. The maximum atomic E-state index is 10.4. The maximum Gasteiger partial charge on any atom is 0.101 e. The lowest BCUT2D eigenvalue weighted by molar-refractivity contribution is 1.28. The molecule has 0 saturated heterocycles.